The van der Waals surface area contributed by atoms with Crippen LogP contribution in [0.3, 0.4) is 0 Å². The van der Waals surface area contributed by atoms with Gasteiger partial charge < -0.3 is 11.5 Å². The topological polar surface area (TPSA) is 64.9 Å². The van der Waals surface area contributed by atoms with Gasteiger partial charge in [-0.2, -0.15) is 13.2 Å². The molecule has 0 saturated carbocycles. The molecule has 0 aliphatic heterocycles. The summed E-state index contributed by atoms with van der Waals surface area (Å²) in [5, 5.41) is -0.269. The number of hydrogen-bond acceptors (Lipinski definition) is 3. The second kappa shape index (κ2) is 3.62. The quantitative estimate of drug-likeness (QED) is 0.717. The van der Waals surface area contributed by atoms with Gasteiger partial charge in [-0.3, -0.25) is 0 Å². The van der Waals surface area contributed by atoms with Crippen LogP contribution < -0.4 is 11.5 Å². The van der Waals surface area contributed by atoms with Crippen molar-refractivity contribution in [3.8, 4) is 0 Å². The summed E-state index contributed by atoms with van der Waals surface area (Å²) in [6, 6.07) is 1.08. The van der Waals surface area contributed by atoms with Crippen molar-refractivity contribution in [2.75, 3.05) is 5.73 Å². The van der Waals surface area contributed by atoms with Gasteiger partial charge in [0.25, 0.3) is 0 Å². The molecule has 1 aromatic heterocycles. The van der Waals surface area contributed by atoms with Crippen molar-refractivity contribution in [1.29, 1.82) is 0 Å². The van der Waals surface area contributed by atoms with Gasteiger partial charge in [0.05, 0.1) is 5.69 Å². The van der Waals surface area contributed by atoms with Crippen LogP contribution in [0.2, 0.25) is 5.15 Å². The molecule has 0 unspecified atom stereocenters. The van der Waals surface area contributed by atoms with Crippen LogP contribution in [0.25, 0.3) is 0 Å². The van der Waals surface area contributed by atoms with Crippen LogP contribution in [0.1, 0.15) is 11.3 Å². The van der Waals surface area contributed by atoms with E-state index in [0.29, 0.717) is 0 Å². The van der Waals surface area contributed by atoms with Crippen LogP contribution in [0.5, 0.6) is 0 Å². The molecule has 0 fully saturated rings. The van der Waals surface area contributed by atoms with Gasteiger partial charge in [0.15, 0.2) is 5.69 Å². The summed E-state index contributed by atoms with van der Waals surface area (Å²) in [5.74, 6) is 0. The zero-order valence-corrected chi connectivity index (χ0v) is 7.65. The number of nitrogens with zero attached hydrogens (tertiary/aromatic N) is 1. The number of halogens is 4. The molecule has 0 atom stereocenters. The van der Waals surface area contributed by atoms with Gasteiger partial charge in [-0.15, -0.1) is 0 Å². The van der Waals surface area contributed by atoms with Crippen LogP contribution in [-0.4, -0.2) is 4.98 Å². The van der Waals surface area contributed by atoms with Gasteiger partial charge in [0, 0.05) is 12.1 Å². The van der Waals surface area contributed by atoms with Crippen molar-refractivity contribution in [3.05, 3.63) is 22.5 Å². The molecule has 4 N–H and O–H groups in total. The molecule has 0 saturated heterocycles. The molecule has 0 spiro atoms. The summed E-state index contributed by atoms with van der Waals surface area (Å²) in [7, 11) is 0. The Kier molecular flexibility index (Phi) is 2.86. The molecule has 0 bridgehead atoms. The minimum absolute atomic E-state index is 0.00578. The monoisotopic (exact) mass is 225 g/mol. The van der Waals surface area contributed by atoms with Crippen molar-refractivity contribution in [1.82, 2.24) is 4.98 Å². The minimum Gasteiger partial charge on any atom is -0.397 e. The number of anilines is 1. The third kappa shape index (κ3) is 2.08. The molecule has 7 heteroatoms. The van der Waals surface area contributed by atoms with Crippen molar-refractivity contribution >= 4 is 17.3 Å². The van der Waals surface area contributed by atoms with Gasteiger partial charge >= 0.3 is 6.18 Å². The molecule has 0 aromatic carbocycles. The zero-order valence-electron chi connectivity index (χ0n) is 6.90. The molecule has 1 heterocycles. The average Bonchev–Trinajstić information content (AvgIpc) is 2.06. The molecule has 0 aliphatic rings. The maximum Gasteiger partial charge on any atom is 0.435 e. The second-order valence-corrected chi connectivity index (χ2v) is 2.94. The summed E-state index contributed by atoms with van der Waals surface area (Å²) in [6.07, 6.45) is -4.60. The molecule has 1 aromatic rings. The molecular formula is C7H7ClF3N3. The van der Waals surface area contributed by atoms with Crippen molar-refractivity contribution < 1.29 is 13.2 Å². The lowest BCUT2D eigenvalue weighted by Gasteiger charge is -2.10. The second-order valence-electron chi connectivity index (χ2n) is 2.58. The standard InChI is InChI=1S/C7H7ClF3N3/c8-6-3(2-12)1-4(13)5(14-6)7(9,10)11/h1H,2,12-13H2. The van der Waals surface area contributed by atoms with Crippen LogP contribution in [0.15, 0.2) is 6.07 Å². The van der Waals surface area contributed by atoms with E-state index in [1.54, 1.807) is 0 Å². The molecule has 78 valence electrons. The minimum atomic E-state index is -4.60. The molecule has 14 heavy (non-hydrogen) atoms. The number of rotatable bonds is 1. The van der Waals surface area contributed by atoms with E-state index in [1.807, 2.05) is 0 Å². The van der Waals surface area contributed by atoms with Crippen LogP contribution in [-0.2, 0) is 12.7 Å². The number of alkyl halides is 3. The molecule has 0 amide bonds. The fourth-order valence-corrected chi connectivity index (χ4v) is 1.14. The normalized spacial score (nSPS) is 11.8. The van der Waals surface area contributed by atoms with Crippen LogP contribution >= 0.6 is 11.6 Å². The number of nitrogen functional groups attached to an aromatic ring is 1. The molecule has 0 radical (unpaired) electrons. The first-order chi connectivity index (χ1) is 6.36. The third-order valence-corrected chi connectivity index (χ3v) is 1.89. The maximum absolute atomic E-state index is 12.2. The first kappa shape index (κ1) is 11.1. The lowest BCUT2D eigenvalue weighted by molar-refractivity contribution is -0.140. The summed E-state index contributed by atoms with van der Waals surface area (Å²) < 4.78 is 36.7. The summed E-state index contributed by atoms with van der Waals surface area (Å²) in [5.41, 5.74) is 9.01. The Balaban J connectivity index is 3.29. The smallest absolute Gasteiger partial charge is 0.397 e. The summed E-state index contributed by atoms with van der Waals surface area (Å²) in [4.78, 5) is 3.15. The number of aromatic nitrogens is 1. The van der Waals surface area contributed by atoms with E-state index in [0.717, 1.165) is 6.07 Å². The highest BCUT2D eigenvalue weighted by atomic mass is 35.5. The zero-order chi connectivity index (χ0) is 10.9. The Morgan fingerprint density at radius 2 is 2.00 bits per heavy atom. The van der Waals surface area contributed by atoms with Gasteiger partial charge in [0.2, 0.25) is 0 Å². The molecule has 0 aliphatic carbocycles. The number of hydrogen-bond donors (Lipinski definition) is 2. The lowest BCUT2D eigenvalue weighted by Crippen LogP contribution is -2.13. The highest BCUT2D eigenvalue weighted by Crippen LogP contribution is 2.33. The SMILES string of the molecule is NCc1cc(N)c(C(F)(F)F)nc1Cl. The van der Waals surface area contributed by atoms with Crippen molar-refractivity contribution in [2.24, 2.45) is 5.73 Å². The summed E-state index contributed by atoms with van der Waals surface area (Å²) >= 11 is 5.46. The highest BCUT2D eigenvalue weighted by Gasteiger charge is 2.35. The first-order valence-electron chi connectivity index (χ1n) is 3.58. The lowest BCUT2D eigenvalue weighted by atomic mass is 10.2. The van der Waals surface area contributed by atoms with E-state index in [1.165, 1.54) is 0 Å². The molecule has 3 nitrogen and oxygen atoms in total. The average molecular weight is 226 g/mol. The number of pyridine rings is 1. The Bertz CT molecular complexity index is 351. The third-order valence-electron chi connectivity index (χ3n) is 1.57. The van der Waals surface area contributed by atoms with Crippen LogP contribution in [0, 0.1) is 0 Å². The van der Waals surface area contributed by atoms with E-state index >= 15 is 0 Å². The predicted octanol–water partition coefficient (Wildman–Crippen LogP) is 1.79. The predicted molar refractivity (Wildman–Crippen MR) is 46.6 cm³/mol. The van der Waals surface area contributed by atoms with E-state index in [-0.39, 0.29) is 17.3 Å². The maximum atomic E-state index is 12.2. The van der Waals surface area contributed by atoms with Crippen molar-refractivity contribution in [3.63, 3.8) is 0 Å². The van der Waals surface area contributed by atoms with Gasteiger partial charge in [-0.05, 0) is 6.07 Å². The summed E-state index contributed by atoms with van der Waals surface area (Å²) in [6.45, 7) is -0.00578. The van der Waals surface area contributed by atoms with E-state index in [4.69, 9.17) is 23.1 Å². The van der Waals surface area contributed by atoms with Gasteiger partial charge in [-0.25, -0.2) is 4.98 Å². The van der Waals surface area contributed by atoms with E-state index in [2.05, 4.69) is 4.98 Å². The van der Waals surface area contributed by atoms with Crippen molar-refractivity contribution in [2.45, 2.75) is 12.7 Å². The van der Waals surface area contributed by atoms with E-state index in [9.17, 15) is 13.2 Å². The van der Waals surface area contributed by atoms with Gasteiger partial charge in [0.1, 0.15) is 5.15 Å². The largest absolute Gasteiger partial charge is 0.435 e. The Morgan fingerprint density at radius 3 is 2.43 bits per heavy atom. The Labute approximate surface area is 82.9 Å². The van der Waals surface area contributed by atoms with Gasteiger partial charge in [-0.1, -0.05) is 11.6 Å². The highest BCUT2D eigenvalue weighted by molar-refractivity contribution is 6.30. The molecular weight excluding hydrogens is 219 g/mol. The Morgan fingerprint density at radius 1 is 1.43 bits per heavy atom. The van der Waals surface area contributed by atoms with Crippen LogP contribution in [0.4, 0.5) is 18.9 Å². The first-order valence-corrected chi connectivity index (χ1v) is 3.96. The Hall–Kier alpha value is -1.01. The molecule has 1 rings (SSSR count). The number of nitrogens with two attached hydrogens (primary N) is 2. The fourth-order valence-electron chi connectivity index (χ4n) is 0.920. The van der Waals surface area contributed by atoms with E-state index < -0.39 is 17.6 Å². The fraction of sp³-hybridized carbons (Fsp3) is 0.286.